The Hall–Kier alpha value is -1.19. The van der Waals surface area contributed by atoms with Gasteiger partial charge in [-0.25, -0.2) is 0 Å². The van der Waals surface area contributed by atoms with Gasteiger partial charge in [0.25, 0.3) is 0 Å². The Kier molecular flexibility index (Phi) is 4.72. The first-order valence-corrected chi connectivity index (χ1v) is 6.88. The molecule has 1 aliphatic rings. The van der Waals surface area contributed by atoms with E-state index in [2.05, 4.69) is 12.1 Å². The summed E-state index contributed by atoms with van der Waals surface area (Å²) in [5.41, 5.74) is 2.45. The molecule has 1 aromatic rings. The molecule has 3 nitrogen and oxygen atoms in total. The van der Waals surface area contributed by atoms with Crippen LogP contribution in [0.15, 0.2) is 24.3 Å². The highest BCUT2D eigenvalue weighted by molar-refractivity contribution is 5.84. The summed E-state index contributed by atoms with van der Waals surface area (Å²) >= 11 is 0. The molecule has 1 aromatic carbocycles. The van der Waals surface area contributed by atoms with E-state index in [0.29, 0.717) is 13.0 Å². The van der Waals surface area contributed by atoms with Crippen molar-refractivity contribution in [1.82, 2.24) is 0 Å². The van der Waals surface area contributed by atoms with Crippen molar-refractivity contribution in [3.05, 3.63) is 35.4 Å². The van der Waals surface area contributed by atoms with E-state index in [1.807, 2.05) is 26.0 Å². The van der Waals surface area contributed by atoms with Crippen molar-refractivity contribution in [2.75, 3.05) is 13.7 Å². The molecule has 0 bridgehead atoms. The molecule has 19 heavy (non-hydrogen) atoms. The van der Waals surface area contributed by atoms with Crippen LogP contribution in [0.1, 0.15) is 37.5 Å². The highest BCUT2D eigenvalue weighted by Gasteiger charge is 2.28. The summed E-state index contributed by atoms with van der Waals surface area (Å²) < 4.78 is 11.1. The quantitative estimate of drug-likeness (QED) is 0.818. The third-order valence-electron chi connectivity index (χ3n) is 3.66. The second kappa shape index (κ2) is 6.31. The molecule has 1 heterocycles. The van der Waals surface area contributed by atoms with Crippen LogP contribution in [-0.4, -0.2) is 25.6 Å². The third kappa shape index (κ3) is 3.23. The largest absolute Gasteiger partial charge is 0.373 e. The molecule has 0 aliphatic carbocycles. The van der Waals surface area contributed by atoms with Gasteiger partial charge in [-0.3, -0.25) is 4.79 Å². The molecule has 0 radical (unpaired) electrons. The summed E-state index contributed by atoms with van der Waals surface area (Å²) in [6, 6.07) is 8.21. The molecule has 0 fully saturated rings. The number of hydrogen-bond donors (Lipinski definition) is 0. The topological polar surface area (TPSA) is 35.5 Å². The maximum absolute atomic E-state index is 12.3. The fraction of sp³-hybridized carbons (Fsp3) is 0.562. The van der Waals surface area contributed by atoms with E-state index >= 15 is 0 Å². The van der Waals surface area contributed by atoms with Gasteiger partial charge in [0.2, 0.25) is 0 Å². The van der Waals surface area contributed by atoms with Gasteiger partial charge < -0.3 is 9.47 Å². The second-order valence-electron chi connectivity index (χ2n) is 5.38. The van der Waals surface area contributed by atoms with Crippen molar-refractivity contribution in [3.63, 3.8) is 0 Å². The van der Waals surface area contributed by atoms with Gasteiger partial charge >= 0.3 is 0 Å². The van der Waals surface area contributed by atoms with Crippen LogP contribution in [0.25, 0.3) is 0 Å². The first-order chi connectivity index (χ1) is 9.13. The van der Waals surface area contributed by atoms with Gasteiger partial charge in [0.1, 0.15) is 6.10 Å². The predicted molar refractivity (Wildman–Crippen MR) is 74.1 cm³/mol. The third-order valence-corrected chi connectivity index (χ3v) is 3.66. The van der Waals surface area contributed by atoms with Gasteiger partial charge in [0, 0.05) is 13.5 Å². The Morgan fingerprint density at radius 3 is 2.84 bits per heavy atom. The first-order valence-electron chi connectivity index (χ1n) is 6.88. The lowest BCUT2D eigenvalue weighted by atomic mass is 9.91. The SMILES string of the molecule is COC(C(=O)CC1OCCc2ccccc21)C(C)C. The maximum Gasteiger partial charge on any atom is 0.164 e. The lowest BCUT2D eigenvalue weighted by Crippen LogP contribution is -2.31. The van der Waals surface area contributed by atoms with Crippen molar-refractivity contribution in [2.45, 2.75) is 38.9 Å². The molecule has 2 rings (SSSR count). The van der Waals surface area contributed by atoms with Gasteiger partial charge in [0.15, 0.2) is 5.78 Å². The smallest absolute Gasteiger partial charge is 0.164 e. The van der Waals surface area contributed by atoms with Crippen LogP contribution in [0.3, 0.4) is 0 Å². The molecule has 0 N–H and O–H groups in total. The van der Waals surface area contributed by atoms with Gasteiger partial charge in [-0.2, -0.15) is 0 Å². The summed E-state index contributed by atoms with van der Waals surface area (Å²) in [6.07, 6.45) is 0.874. The van der Waals surface area contributed by atoms with Crippen LogP contribution >= 0.6 is 0 Å². The van der Waals surface area contributed by atoms with Crippen molar-refractivity contribution < 1.29 is 14.3 Å². The standard InChI is InChI=1S/C16H22O3/c1-11(2)16(18-3)14(17)10-15-13-7-5-4-6-12(13)8-9-19-15/h4-7,11,15-16H,8-10H2,1-3H3. The number of methoxy groups -OCH3 is 1. The molecule has 1 aliphatic heterocycles. The number of hydrogen-bond acceptors (Lipinski definition) is 3. The zero-order chi connectivity index (χ0) is 13.8. The summed E-state index contributed by atoms with van der Waals surface area (Å²) in [5, 5.41) is 0. The van der Waals surface area contributed by atoms with Crippen molar-refractivity contribution in [2.24, 2.45) is 5.92 Å². The number of ketones is 1. The molecular weight excluding hydrogens is 240 g/mol. The minimum Gasteiger partial charge on any atom is -0.373 e. The van der Waals surface area contributed by atoms with E-state index in [0.717, 1.165) is 12.0 Å². The molecule has 0 saturated carbocycles. The zero-order valence-electron chi connectivity index (χ0n) is 11.9. The summed E-state index contributed by atoms with van der Waals surface area (Å²) in [6.45, 7) is 4.69. The number of fused-ring (bicyclic) bond motifs is 1. The average molecular weight is 262 g/mol. The highest BCUT2D eigenvalue weighted by Crippen LogP contribution is 2.30. The maximum atomic E-state index is 12.3. The van der Waals surface area contributed by atoms with Gasteiger partial charge in [-0.05, 0) is 23.5 Å². The Bertz CT molecular complexity index is 439. The summed E-state index contributed by atoms with van der Waals surface area (Å²) in [4.78, 5) is 12.3. The van der Waals surface area contributed by atoms with Crippen LogP contribution in [0.4, 0.5) is 0 Å². The highest BCUT2D eigenvalue weighted by atomic mass is 16.5. The van der Waals surface area contributed by atoms with Crippen LogP contribution in [0, 0.1) is 5.92 Å². The Morgan fingerprint density at radius 2 is 2.16 bits per heavy atom. The molecule has 0 amide bonds. The Labute approximate surface area is 114 Å². The lowest BCUT2D eigenvalue weighted by molar-refractivity contribution is -0.134. The summed E-state index contributed by atoms with van der Waals surface area (Å²) in [7, 11) is 1.60. The molecule has 0 saturated heterocycles. The number of Topliss-reactive ketones (excluding diaryl/α,β-unsaturated/α-hetero) is 1. The van der Waals surface area contributed by atoms with Crippen LogP contribution in [0.5, 0.6) is 0 Å². The van der Waals surface area contributed by atoms with Gasteiger partial charge in [-0.1, -0.05) is 38.1 Å². The first kappa shape index (κ1) is 14.2. The van der Waals surface area contributed by atoms with Crippen molar-refractivity contribution in [1.29, 1.82) is 0 Å². The minimum absolute atomic E-state index is 0.117. The molecule has 0 aromatic heterocycles. The van der Waals surface area contributed by atoms with Crippen molar-refractivity contribution in [3.8, 4) is 0 Å². The number of carbonyl (C=O) groups is 1. The lowest BCUT2D eigenvalue weighted by Gasteiger charge is -2.27. The minimum atomic E-state index is -0.335. The Balaban J connectivity index is 2.10. The molecule has 104 valence electrons. The summed E-state index contributed by atoms with van der Waals surface area (Å²) in [5.74, 6) is 0.315. The van der Waals surface area contributed by atoms with E-state index in [9.17, 15) is 4.79 Å². The molecule has 2 unspecified atom stereocenters. The van der Waals surface area contributed by atoms with E-state index < -0.39 is 0 Å². The fourth-order valence-electron chi connectivity index (χ4n) is 2.72. The molecule has 2 atom stereocenters. The Morgan fingerprint density at radius 1 is 1.42 bits per heavy atom. The number of benzene rings is 1. The van der Waals surface area contributed by atoms with E-state index in [4.69, 9.17) is 9.47 Å². The number of rotatable bonds is 5. The normalized spacial score (nSPS) is 20.1. The molecular formula is C16H22O3. The van der Waals surface area contributed by atoms with Gasteiger partial charge in [0.05, 0.1) is 12.7 Å². The van der Waals surface area contributed by atoms with Crippen LogP contribution in [0.2, 0.25) is 0 Å². The van der Waals surface area contributed by atoms with Crippen molar-refractivity contribution >= 4 is 5.78 Å². The number of ether oxygens (including phenoxy) is 2. The van der Waals surface area contributed by atoms with Crippen LogP contribution in [-0.2, 0) is 20.7 Å². The molecule has 0 spiro atoms. The van der Waals surface area contributed by atoms with Gasteiger partial charge in [-0.15, -0.1) is 0 Å². The second-order valence-corrected chi connectivity index (χ2v) is 5.38. The zero-order valence-corrected chi connectivity index (χ0v) is 11.9. The van der Waals surface area contributed by atoms with E-state index in [1.54, 1.807) is 7.11 Å². The average Bonchev–Trinajstić information content (AvgIpc) is 2.39. The predicted octanol–water partition coefficient (Wildman–Crippen LogP) is 2.93. The monoisotopic (exact) mass is 262 g/mol. The van der Waals surface area contributed by atoms with E-state index in [-0.39, 0.29) is 23.9 Å². The molecule has 3 heteroatoms. The van der Waals surface area contributed by atoms with E-state index in [1.165, 1.54) is 5.56 Å². The fourth-order valence-corrected chi connectivity index (χ4v) is 2.72. The number of carbonyl (C=O) groups excluding carboxylic acids is 1. The van der Waals surface area contributed by atoms with Crippen LogP contribution < -0.4 is 0 Å².